The number of hydrogen-bond donors (Lipinski definition) is 1. The number of carboxylic acid groups (broad SMARTS) is 1. The van der Waals surface area contributed by atoms with E-state index in [9.17, 15) is 19.5 Å². The fraction of sp³-hybridized carbons (Fsp3) is 0.587. The van der Waals surface area contributed by atoms with Crippen LogP contribution in [0.25, 0.3) is 21.8 Å². The number of esters is 1. The van der Waals surface area contributed by atoms with Crippen LogP contribution in [0.15, 0.2) is 36.4 Å². The Kier molecular flexibility index (Phi) is 12.9. The minimum absolute atomic E-state index is 0.00607. The second kappa shape index (κ2) is 18.0. The number of methoxy groups -OCH3 is 1. The lowest BCUT2D eigenvalue weighted by atomic mass is 9.75. The van der Waals surface area contributed by atoms with Gasteiger partial charge in [-0.2, -0.15) is 0 Å². The normalized spacial score (nSPS) is 20.2. The molecule has 2 fully saturated rings. The number of carboxylic acids is 1. The summed E-state index contributed by atoms with van der Waals surface area (Å²) in [5.74, 6) is 1.86. The number of aromatic nitrogens is 2. The van der Waals surface area contributed by atoms with Crippen LogP contribution in [0.4, 0.5) is 0 Å². The number of carbonyl (C=O) groups is 3. The van der Waals surface area contributed by atoms with E-state index in [2.05, 4.69) is 35.1 Å². The Balaban J connectivity index is 0.000000178. The SMILES string of the molecule is CCn1c2c(c3cc(C(=O)N(C)CCCC(=O)OC)ccc31)CC(C1CCOCC1)CC2.CCn1c2c(c3cc(C(=O)O)ccc31)CC(C1CCOCC1)CC2. The van der Waals surface area contributed by atoms with Crippen molar-refractivity contribution in [3.8, 4) is 0 Å². The van der Waals surface area contributed by atoms with E-state index in [1.54, 1.807) is 18.0 Å². The minimum Gasteiger partial charge on any atom is -0.478 e. The molecule has 10 nitrogen and oxygen atoms in total. The molecule has 4 aliphatic rings. The van der Waals surface area contributed by atoms with Gasteiger partial charge in [-0.3, -0.25) is 9.59 Å². The lowest BCUT2D eigenvalue weighted by Gasteiger charge is -2.33. The Hall–Kier alpha value is -4.15. The number of aromatic carboxylic acids is 1. The molecule has 8 rings (SSSR count). The van der Waals surface area contributed by atoms with Gasteiger partial charge in [-0.25, -0.2) is 4.79 Å². The molecule has 4 aromatic rings. The summed E-state index contributed by atoms with van der Waals surface area (Å²) in [7, 11) is 3.19. The maximum absolute atomic E-state index is 13.1. The van der Waals surface area contributed by atoms with Gasteiger partial charge in [0.1, 0.15) is 0 Å². The number of benzene rings is 2. The van der Waals surface area contributed by atoms with Gasteiger partial charge in [0.2, 0.25) is 0 Å². The Morgan fingerprint density at radius 2 is 1.21 bits per heavy atom. The molecule has 0 bridgehead atoms. The highest BCUT2D eigenvalue weighted by atomic mass is 16.5. The van der Waals surface area contributed by atoms with Crippen molar-refractivity contribution in [3.05, 3.63) is 70.0 Å². The van der Waals surface area contributed by atoms with Crippen molar-refractivity contribution in [2.45, 2.75) is 104 Å². The molecular weight excluding hydrogens is 707 g/mol. The van der Waals surface area contributed by atoms with Gasteiger partial charge < -0.3 is 33.4 Å². The highest BCUT2D eigenvalue weighted by molar-refractivity contribution is 5.99. The molecule has 10 heteroatoms. The summed E-state index contributed by atoms with van der Waals surface area (Å²) in [5.41, 5.74) is 9.30. The van der Waals surface area contributed by atoms with Crippen LogP contribution in [0.2, 0.25) is 0 Å². The Morgan fingerprint density at radius 1 is 0.732 bits per heavy atom. The molecule has 0 saturated carbocycles. The monoisotopic (exact) mass is 767 g/mol. The van der Waals surface area contributed by atoms with Gasteiger partial charge in [0.25, 0.3) is 5.91 Å². The largest absolute Gasteiger partial charge is 0.478 e. The average Bonchev–Trinajstić information content (AvgIpc) is 3.74. The van der Waals surface area contributed by atoms with Gasteiger partial charge in [-0.15, -0.1) is 0 Å². The van der Waals surface area contributed by atoms with Crippen molar-refractivity contribution in [1.29, 1.82) is 0 Å². The average molecular weight is 768 g/mol. The molecule has 4 heterocycles. The van der Waals surface area contributed by atoms with Gasteiger partial charge in [0.15, 0.2) is 0 Å². The van der Waals surface area contributed by atoms with Crippen molar-refractivity contribution in [3.63, 3.8) is 0 Å². The van der Waals surface area contributed by atoms with Gasteiger partial charge in [-0.05, 0) is 156 Å². The Morgan fingerprint density at radius 3 is 1.68 bits per heavy atom. The fourth-order valence-electron chi connectivity index (χ4n) is 10.4. The second-order valence-electron chi connectivity index (χ2n) is 16.4. The van der Waals surface area contributed by atoms with Crippen LogP contribution in [0.1, 0.15) is 108 Å². The van der Waals surface area contributed by atoms with Crippen LogP contribution in [0, 0.1) is 23.7 Å². The maximum atomic E-state index is 13.1. The van der Waals surface area contributed by atoms with Gasteiger partial charge in [0.05, 0.1) is 12.7 Å². The molecule has 2 aliphatic carbocycles. The first-order valence-corrected chi connectivity index (χ1v) is 21.2. The molecule has 2 unspecified atom stereocenters. The number of aryl methyl sites for hydroxylation is 2. The van der Waals surface area contributed by atoms with Gasteiger partial charge in [-0.1, -0.05) is 0 Å². The molecule has 2 aromatic carbocycles. The van der Waals surface area contributed by atoms with Crippen molar-refractivity contribution < 1.29 is 33.7 Å². The summed E-state index contributed by atoms with van der Waals surface area (Å²) in [6, 6.07) is 11.8. The molecule has 1 amide bonds. The molecule has 56 heavy (non-hydrogen) atoms. The predicted octanol–water partition coefficient (Wildman–Crippen LogP) is 8.11. The zero-order chi connectivity index (χ0) is 39.3. The standard InChI is InChI=1S/C26H36N2O4.C20H25NO3/c1-4-28-23-9-7-19(18-11-14-32-15-12-18)16-21(23)22-17-20(8-10-24(22)28)26(30)27(2)13-5-6-25(29)31-3;1-2-21-18-5-3-14(13-7-9-24-10-8-13)11-16(18)17-12-15(20(22)23)4-6-19(17)21/h8,10,17-19H,4-7,9,11-16H2,1-3H3;4,6,12-14H,2-3,5,7-11H2,1H3,(H,22,23). The van der Waals surface area contributed by atoms with E-state index < -0.39 is 5.97 Å². The second-order valence-corrected chi connectivity index (χ2v) is 16.4. The summed E-state index contributed by atoms with van der Waals surface area (Å²) >= 11 is 0. The summed E-state index contributed by atoms with van der Waals surface area (Å²) in [6.45, 7) is 10.4. The van der Waals surface area contributed by atoms with Crippen LogP contribution < -0.4 is 0 Å². The molecular formula is C46H61N3O7. The molecule has 0 radical (unpaired) electrons. The Bertz CT molecular complexity index is 2030. The highest BCUT2D eigenvalue weighted by Crippen LogP contribution is 2.41. The highest BCUT2D eigenvalue weighted by Gasteiger charge is 2.33. The number of rotatable bonds is 10. The number of hydrogen-bond acceptors (Lipinski definition) is 6. The third-order valence-corrected chi connectivity index (χ3v) is 13.5. The lowest BCUT2D eigenvalue weighted by molar-refractivity contribution is -0.140. The van der Waals surface area contributed by atoms with Crippen LogP contribution in [-0.4, -0.2) is 84.1 Å². The van der Waals surface area contributed by atoms with Crippen LogP contribution in [-0.2, 0) is 57.8 Å². The molecule has 0 spiro atoms. The first kappa shape index (κ1) is 40.1. The van der Waals surface area contributed by atoms with Gasteiger partial charge >= 0.3 is 11.9 Å². The molecule has 2 aliphatic heterocycles. The molecule has 1 N–H and O–H groups in total. The van der Waals surface area contributed by atoms with E-state index in [4.69, 9.17) is 14.2 Å². The molecule has 302 valence electrons. The molecule has 2 atom stereocenters. The van der Waals surface area contributed by atoms with Crippen molar-refractivity contribution in [2.75, 3.05) is 47.1 Å². The maximum Gasteiger partial charge on any atom is 0.335 e. The zero-order valence-corrected chi connectivity index (χ0v) is 33.9. The third kappa shape index (κ3) is 8.28. The van der Waals surface area contributed by atoms with E-state index in [0.717, 1.165) is 88.0 Å². The zero-order valence-electron chi connectivity index (χ0n) is 33.9. The Labute approximate surface area is 331 Å². The van der Waals surface area contributed by atoms with E-state index in [1.165, 1.54) is 84.6 Å². The predicted molar refractivity (Wildman–Crippen MR) is 219 cm³/mol. The number of amides is 1. The lowest BCUT2D eigenvalue weighted by Crippen LogP contribution is -2.28. The summed E-state index contributed by atoms with van der Waals surface area (Å²) in [4.78, 5) is 37.5. The van der Waals surface area contributed by atoms with Crippen molar-refractivity contribution in [1.82, 2.24) is 14.0 Å². The number of fused-ring (bicyclic) bond motifs is 6. The van der Waals surface area contributed by atoms with E-state index in [0.29, 0.717) is 36.8 Å². The number of ether oxygens (including phenoxy) is 3. The number of nitrogens with zero attached hydrogens (tertiary/aromatic N) is 3. The minimum atomic E-state index is -0.841. The topological polar surface area (TPSA) is 112 Å². The van der Waals surface area contributed by atoms with Gasteiger partial charge in [0, 0.05) is 98.3 Å². The fourth-order valence-corrected chi connectivity index (χ4v) is 10.4. The van der Waals surface area contributed by atoms with E-state index >= 15 is 0 Å². The number of carbonyl (C=O) groups excluding carboxylic acids is 2. The summed E-state index contributed by atoms with van der Waals surface area (Å²) in [5, 5.41) is 11.7. The van der Waals surface area contributed by atoms with E-state index in [1.807, 2.05) is 18.2 Å². The van der Waals surface area contributed by atoms with Crippen LogP contribution in [0.3, 0.4) is 0 Å². The van der Waals surface area contributed by atoms with E-state index in [-0.39, 0.29) is 11.9 Å². The van der Waals surface area contributed by atoms with Crippen LogP contribution in [0.5, 0.6) is 0 Å². The van der Waals surface area contributed by atoms with Crippen molar-refractivity contribution in [2.24, 2.45) is 23.7 Å². The smallest absolute Gasteiger partial charge is 0.335 e. The summed E-state index contributed by atoms with van der Waals surface area (Å²) in [6.07, 6.45) is 12.6. The quantitative estimate of drug-likeness (QED) is 0.162. The van der Waals surface area contributed by atoms with Crippen molar-refractivity contribution >= 4 is 39.7 Å². The molecule has 2 saturated heterocycles. The first-order chi connectivity index (χ1) is 27.2. The van der Waals surface area contributed by atoms with Crippen LogP contribution >= 0.6 is 0 Å². The third-order valence-electron chi connectivity index (χ3n) is 13.5. The summed E-state index contributed by atoms with van der Waals surface area (Å²) < 4.78 is 20.6. The molecule has 2 aromatic heterocycles. The first-order valence-electron chi connectivity index (χ1n) is 21.2.